The molecule has 0 unspecified atom stereocenters. The first kappa shape index (κ1) is 13.5. The first-order chi connectivity index (χ1) is 8.02. The molecular formula is C13H19NO3. The van der Waals surface area contributed by atoms with Crippen molar-refractivity contribution in [3.8, 4) is 5.75 Å². The number of carboxylic acid groups (broad SMARTS) is 1. The molecule has 0 aliphatic carbocycles. The third-order valence-corrected chi connectivity index (χ3v) is 2.72. The van der Waals surface area contributed by atoms with Gasteiger partial charge in [-0.25, -0.2) is 0 Å². The molecule has 0 aliphatic heterocycles. The van der Waals surface area contributed by atoms with E-state index in [0.717, 1.165) is 17.7 Å². The molecule has 2 N–H and O–H groups in total. The molecule has 0 saturated heterocycles. The van der Waals surface area contributed by atoms with Crippen LogP contribution in [-0.2, 0) is 11.3 Å². The van der Waals surface area contributed by atoms with Crippen LogP contribution in [0.25, 0.3) is 0 Å². The second-order valence-corrected chi connectivity index (χ2v) is 4.14. The Balaban J connectivity index is 2.66. The molecule has 4 heteroatoms. The number of aliphatic carboxylic acids is 1. The number of phenols is 1. The van der Waals surface area contributed by atoms with Gasteiger partial charge in [0.25, 0.3) is 0 Å². The van der Waals surface area contributed by atoms with Crippen LogP contribution in [0.2, 0.25) is 0 Å². The number of aromatic hydroxyl groups is 1. The van der Waals surface area contributed by atoms with Gasteiger partial charge in [0.2, 0.25) is 0 Å². The van der Waals surface area contributed by atoms with E-state index in [2.05, 4.69) is 0 Å². The van der Waals surface area contributed by atoms with Gasteiger partial charge in [-0.05, 0) is 19.5 Å². The Hall–Kier alpha value is -1.55. The molecule has 4 nitrogen and oxygen atoms in total. The van der Waals surface area contributed by atoms with Gasteiger partial charge >= 0.3 is 5.97 Å². The normalized spacial score (nSPS) is 10.8. The fourth-order valence-corrected chi connectivity index (χ4v) is 1.68. The van der Waals surface area contributed by atoms with Gasteiger partial charge in [0.15, 0.2) is 0 Å². The van der Waals surface area contributed by atoms with E-state index in [1.165, 1.54) is 0 Å². The van der Waals surface area contributed by atoms with Crippen LogP contribution >= 0.6 is 0 Å². The van der Waals surface area contributed by atoms with Crippen molar-refractivity contribution < 1.29 is 15.0 Å². The topological polar surface area (TPSA) is 60.8 Å². The predicted octanol–water partition coefficient (Wildman–Crippen LogP) is 2.00. The lowest BCUT2D eigenvalue weighted by molar-refractivity contribution is -0.137. The average Bonchev–Trinajstić information content (AvgIpc) is 2.28. The molecule has 1 aromatic rings. The lowest BCUT2D eigenvalue weighted by Crippen LogP contribution is -2.25. The van der Waals surface area contributed by atoms with E-state index >= 15 is 0 Å². The number of nitrogens with zero attached hydrogens (tertiary/aromatic N) is 1. The van der Waals surface area contributed by atoms with E-state index in [-0.39, 0.29) is 12.2 Å². The molecule has 0 radical (unpaired) electrons. The summed E-state index contributed by atoms with van der Waals surface area (Å²) in [5.74, 6) is -0.527. The first-order valence-corrected chi connectivity index (χ1v) is 5.75. The van der Waals surface area contributed by atoms with Crippen LogP contribution in [0.4, 0.5) is 0 Å². The maximum absolute atomic E-state index is 10.5. The van der Waals surface area contributed by atoms with Gasteiger partial charge in [-0.2, -0.15) is 0 Å². The highest BCUT2D eigenvalue weighted by molar-refractivity contribution is 5.66. The van der Waals surface area contributed by atoms with Crippen molar-refractivity contribution in [1.82, 2.24) is 4.90 Å². The van der Waals surface area contributed by atoms with Crippen LogP contribution in [0.15, 0.2) is 18.2 Å². The molecule has 0 aromatic heterocycles. The third kappa shape index (κ3) is 4.44. The molecule has 0 aliphatic rings. The zero-order chi connectivity index (χ0) is 12.8. The number of hydrogen-bond acceptors (Lipinski definition) is 3. The van der Waals surface area contributed by atoms with Crippen molar-refractivity contribution in [1.29, 1.82) is 0 Å². The third-order valence-electron chi connectivity index (χ3n) is 2.72. The van der Waals surface area contributed by atoms with Crippen molar-refractivity contribution >= 4 is 5.97 Å². The Morgan fingerprint density at radius 1 is 1.41 bits per heavy atom. The van der Waals surface area contributed by atoms with Gasteiger partial charge in [-0.15, -0.1) is 0 Å². The summed E-state index contributed by atoms with van der Waals surface area (Å²) in [7, 11) is 0. The summed E-state index contributed by atoms with van der Waals surface area (Å²) in [5, 5.41) is 18.4. The summed E-state index contributed by atoms with van der Waals surface area (Å²) >= 11 is 0. The quantitative estimate of drug-likeness (QED) is 0.794. The monoisotopic (exact) mass is 237 g/mol. The largest absolute Gasteiger partial charge is 0.508 e. The lowest BCUT2D eigenvalue weighted by Gasteiger charge is -2.20. The SMILES string of the molecule is CCN(CCC(=O)O)Cc1cc(C)ccc1O. The van der Waals surface area contributed by atoms with Gasteiger partial charge in [0.1, 0.15) is 5.75 Å². The van der Waals surface area contributed by atoms with Crippen molar-refractivity contribution in [2.24, 2.45) is 0 Å². The summed E-state index contributed by atoms with van der Waals surface area (Å²) in [6.07, 6.45) is 0.125. The molecular weight excluding hydrogens is 218 g/mol. The zero-order valence-corrected chi connectivity index (χ0v) is 10.3. The lowest BCUT2D eigenvalue weighted by atomic mass is 10.1. The van der Waals surface area contributed by atoms with Gasteiger partial charge < -0.3 is 10.2 Å². The highest BCUT2D eigenvalue weighted by Crippen LogP contribution is 2.20. The van der Waals surface area contributed by atoms with Crippen molar-refractivity contribution in [2.75, 3.05) is 13.1 Å². The fourth-order valence-electron chi connectivity index (χ4n) is 1.68. The fraction of sp³-hybridized carbons (Fsp3) is 0.462. The van der Waals surface area contributed by atoms with Crippen molar-refractivity contribution in [3.05, 3.63) is 29.3 Å². The van der Waals surface area contributed by atoms with Gasteiger partial charge in [0.05, 0.1) is 6.42 Å². The van der Waals surface area contributed by atoms with Crippen LogP contribution in [0, 0.1) is 6.92 Å². The zero-order valence-electron chi connectivity index (χ0n) is 10.3. The summed E-state index contributed by atoms with van der Waals surface area (Å²) in [6, 6.07) is 5.46. The van der Waals surface area contributed by atoms with Crippen molar-refractivity contribution in [2.45, 2.75) is 26.8 Å². The van der Waals surface area contributed by atoms with Crippen LogP contribution in [0.1, 0.15) is 24.5 Å². The second-order valence-electron chi connectivity index (χ2n) is 4.14. The molecule has 0 amide bonds. The minimum absolute atomic E-state index is 0.125. The van der Waals surface area contributed by atoms with Crippen LogP contribution in [-0.4, -0.2) is 34.2 Å². The Labute approximate surface area is 101 Å². The maximum Gasteiger partial charge on any atom is 0.304 e. The minimum atomic E-state index is -0.795. The summed E-state index contributed by atoms with van der Waals surface area (Å²) < 4.78 is 0. The molecule has 1 rings (SSSR count). The Morgan fingerprint density at radius 2 is 2.12 bits per heavy atom. The summed E-state index contributed by atoms with van der Waals surface area (Å²) in [4.78, 5) is 12.5. The molecule has 0 saturated carbocycles. The van der Waals surface area contributed by atoms with E-state index < -0.39 is 5.97 Å². The summed E-state index contributed by atoms with van der Waals surface area (Å²) in [5.41, 5.74) is 1.93. The molecule has 0 atom stereocenters. The van der Waals surface area contributed by atoms with E-state index in [4.69, 9.17) is 5.11 Å². The van der Waals surface area contributed by atoms with Gasteiger partial charge in [-0.1, -0.05) is 24.6 Å². The van der Waals surface area contributed by atoms with Crippen LogP contribution < -0.4 is 0 Å². The standard InChI is InChI=1S/C13H19NO3/c1-3-14(7-6-13(16)17)9-11-8-10(2)4-5-12(11)15/h4-5,8,15H,3,6-7,9H2,1-2H3,(H,16,17). The molecule has 94 valence electrons. The molecule has 1 aromatic carbocycles. The van der Waals surface area contributed by atoms with Gasteiger partial charge in [0, 0.05) is 18.7 Å². The number of rotatable bonds is 6. The number of aryl methyl sites for hydroxylation is 1. The van der Waals surface area contributed by atoms with Crippen LogP contribution in [0.3, 0.4) is 0 Å². The maximum atomic E-state index is 10.5. The van der Waals surface area contributed by atoms with Crippen LogP contribution in [0.5, 0.6) is 5.75 Å². The predicted molar refractivity (Wildman–Crippen MR) is 66.0 cm³/mol. The highest BCUT2D eigenvalue weighted by atomic mass is 16.4. The Bertz CT molecular complexity index is 390. The van der Waals surface area contributed by atoms with Crippen molar-refractivity contribution in [3.63, 3.8) is 0 Å². The van der Waals surface area contributed by atoms with Gasteiger partial charge in [-0.3, -0.25) is 9.69 Å². The van der Waals surface area contributed by atoms with E-state index in [9.17, 15) is 9.90 Å². The first-order valence-electron chi connectivity index (χ1n) is 5.75. The van der Waals surface area contributed by atoms with E-state index in [0.29, 0.717) is 13.1 Å². The molecule has 0 heterocycles. The highest BCUT2D eigenvalue weighted by Gasteiger charge is 2.09. The second kappa shape index (κ2) is 6.25. The van der Waals surface area contributed by atoms with E-state index in [1.807, 2.05) is 30.9 Å². The number of benzene rings is 1. The summed E-state index contributed by atoms with van der Waals surface area (Å²) in [6.45, 7) is 5.79. The molecule has 17 heavy (non-hydrogen) atoms. The molecule has 0 fully saturated rings. The number of carboxylic acids is 1. The average molecular weight is 237 g/mol. The molecule has 0 spiro atoms. The number of carbonyl (C=O) groups is 1. The van der Waals surface area contributed by atoms with E-state index in [1.54, 1.807) is 6.07 Å². The molecule has 0 bridgehead atoms. The number of phenolic OH excluding ortho intramolecular Hbond substituents is 1. The Kier molecular flexibility index (Phi) is 4.97. The smallest absolute Gasteiger partial charge is 0.304 e. The number of hydrogen-bond donors (Lipinski definition) is 2. The Morgan fingerprint density at radius 3 is 2.71 bits per heavy atom. The minimum Gasteiger partial charge on any atom is -0.508 e.